The lowest BCUT2D eigenvalue weighted by Gasteiger charge is -2.08. The maximum absolute atomic E-state index is 12.8. The first kappa shape index (κ1) is 23.4. The average molecular weight is 549 g/mol. The number of ether oxygens (including phenoxy) is 1. The summed E-state index contributed by atoms with van der Waals surface area (Å²) in [6, 6.07) is 16.2. The fraction of sp³-hybridized carbons (Fsp3) is 0.167. The van der Waals surface area contributed by atoms with Crippen LogP contribution in [-0.4, -0.2) is 15.7 Å². The van der Waals surface area contributed by atoms with E-state index in [1.165, 1.54) is 0 Å². The fourth-order valence-corrected chi connectivity index (χ4v) is 4.01. The lowest BCUT2D eigenvalue weighted by molar-refractivity contribution is 0.0992. The quantitative estimate of drug-likeness (QED) is 0.269. The second-order valence-corrected chi connectivity index (χ2v) is 9.16. The van der Waals surface area contributed by atoms with Crippen LogP contribution in [0, 0.1) is 13.8 Å². The molecule has 0 saturated heterocycles. The summed E-state index contributed by atoms with van der Waals surface area (Å²) in [5.41, 5.74) is 3.01. The van der Waals surface area contributed by atoms with Crippen molar-refractivity contribution in [1.29, 1.82) is 0 Å². The summed E-state index contributed by atoms with van der Waals surface area (Å²) >= 11 is 15.7. The molecule has 1 amide bonds. The van der Waals surface area contributed by atoms with E-state index in [0.29, 0.717) is 39.5 Å². The molecule has 2 heterocycles. The third kappa shape index (κ3) is 5.61. The second kappa shape index (κ2) is 10.0. The number of hydrogen-bond donors (Lipinski definition) is 1. The first-order valence-corrected chi connectivity index (χ1v) is 11.6. The van der Waals surface area contributed by atoms with E-state index in [4.69, 9.17) is 32.4 Å². The van der Waals surface area contributed by atoms with Crippen molar-refractivity contribution in [3.63, 3.8) is 0 Å². The first-order valence-electron chi connectivity index (χ1n) is 10.1. The van der Waals surface area contributed by atoms with Crippen molar-refractivity contribution < 1.29 is 13.9 Å². The molecular weight excluding hydrogens is 529 g/mol. The van der Waals surface area contributed by atoms with Gasteiger partial charge in [-0.3, -0.25) is 9.48 Å². The van der Waals surface area contributed by atoms with Crippen LogP contribution in [-0.2, 0) is 13.2 Å². The molecule has 0 aliphatic carbocycles. The van der Waals surface area contributed by atoms with Gasteiger partial charge in [0.25, 0.3) is 5.91 Å². The van der Waals surface area contributed by atoms with Crippen molar-refractivity contribution in [2.24, 2.45) is 0 Å². The number of rotatable bonds is 7. The summed E-state index contributed by atoms with van der Waals surface area (Å²) < 4.78 is 14.1. The van der Waals surface area contributed by atoms with Crippen LogP contribution in [0.3, 0.4) is 0 Å². The highest BCUT2D eigenvalue weighted by Gasteiger charge is 2.18. The Bertz CT molecular complexity index is 1300. The Morgan fingerprint density at radius 2 is 1.88 bits per heavy atom. The van der Waals surface area contributed by atoms with Gasteiger partial charge < -0.3 is 14.5 Å². The van der Waals surface area contributed by atoms with Crippen LogP contribution in [0.2, 0.25) is 10.0 Å². The number of furan rings is 1. The number of aromatic nitrogens is 2. The van der Waals surface area contributed by atoms with Crippen LogP contribution in [0.15, 0.2) is 63.5 Å². The maximum atomic E-state index is 12.8. The van der Waals surface area contributed by atoms with E-state index in [0.717, 1.165) is 15.7 Å². The topological polar surface area (TPSA) is 69.3 Å². The van der Waals surface area contributed by atoms with Gasteiger partial charge in [-0.1, -0.05) is 45.2 Å². The van der Waals surface area contributed by atoms with E-state index in [1.54, 1.807) is 28.9 Å². The normalized spacial score (nSPS) is 10.9. The smallest absolute Gasteiger partial charge is 0.291 e. The number of carbonyl (C=O) groups is 1. The van der Waals surface area contributed by atoms with Crippen LogP contribution in [0.5, 0.6) is 5.75 Å². The molecule has 1 N–H and O–H groups in total. The molecule has 6 nitrogen and oxygen atoms in total. The number of aryl methyl sites for hydroxylation is 1. The summed E-state index contributed by atoms with van der Waals surface area (Å²) in [4.78, 5) is 12.8. The summed E-state index contributed by atoms with van der Waals surface area (Å²) in [5, 5.41) is 8.59. The zero-order valence-corrected chi connectivity index (χ0v) is 21.0. The molecule has 0 fully saturated rings. The standard InChI is InChI=1S/C24H20BrCl2N3O3/c1-14-23(15(2)30(29-14)12-16-3-6-18(26)11-21(16)27)28-24(31)22-10-9-20(33-22)13-32-19-7-4-17(25)5-8-19/h3-11H,12-13H2,1-2H3,(H,28,31). The van der Waals surface area contributed by atoms with E-state index >= 15 is 0 Å². The molecule has 4 rings (SSSR count). The van der Waals surface area contributed by atoms with Gasteiger partial charge in [0.1, 0.15) is 18.1 Å². The van der Waals surface area contributed by atoms with Crippen molar-refractivity contribution in [1.82, 2.24) is 9.78 Å². The van der Waals surface area contributed by atoms with Gasteiger partial charge in [-0.25, -0.2) is 0 Å². The first-order chi connectivity index (χ1) is 15.8. The van der Waals surface area contributed by atoms with Gasteiger partial charge in [-0.15, -0.1) is 0 Å². The van der Waals surface area contributed by atoms with E-state index < -0.39 is 0 Å². The minimum absolute atomic E-state index is 0.191. The van der Waals surface area contributed by atoms with Crippen LogP contribution >= 0.6 is 39.1 Å². The molecule has 0 bridgehead atoms. The highest BCUT2D eigenvalue weighted by Crippen LogP contribution is 2.26. The SMILES string of the molecule is Cc1nn(Cc2ccc(Cl)cc2Cl)c(C)c1NC(=O)c1ccc(COc2ccc(Br)cc2)o1. The van der Waals surface area contributed by atoms with E-state index in [1.807, 2.05) is 44.2 Å². The number of carbonyl (C=O) groups excluding carboxylic acids is 1. The molecule has 2 aromatic heterocycles. The number of halogens is 3. The van der Waals surface area contributed by atoms with Gasteiger partial charge in [0.05, 0.1) is 23.6 Å². The molecule has 9 heteroatoms. The lowest BCUT2D eigenvalue weighted by Crippen LogP contribution is -2.12. The highest BCUT2D eigenvalue weighted by molar-refractivity contribution is 9.10. The van der Waals surface area contributed by atoms with Gasteiger partial charge in [-0.05, 0) is 67.9 Å². The molecule has 0 aliphatic rings. The minimum Gasteiger partial charge on any atom is -0.486 e. The Balaban J connectivity index is 1.42. The van der Waals surface area contributed by atoms with Crippen LogP contribution in [0.25, 0.3) is 0 Å². The molecular formula is C24H20BrCl2N3O3. The zero-order chi connectivity index (χ0) is 23.5. The molecule has 0 aliphatic heterocycles. The summed E-state index contributed by atoms with van der Waals surface area (Å²) in [5.74, 6) is 1.08. The Morgan fingerprint density at radius 3 is 2.61 bits per heavy atom. The van der Waals surface area contributed by atoms with E-state index in [9.17, 15) is 4.79 Å². The number of hydrogen-bond acceptors (Lipinski definition) is 4. The molecule has 0 saturated carbocycles. The predicted octanol–water partition coefficient (Wildman–Crippen LogP) is 7.04. The van der Waals surface area contributed by atoms with E-state index in [2.05, 4.69) is 26.3 Å². The van der Waals surface area contributed by atoms with Gasteiger partial charge in [0.15, 0.2) is 5.76 Å². The predicted molar refractivity (Wildman–Crippen MR) is 132 cm³/mol. The second-order valence-electron chi connectivity index (χ2n) is 7.40. The Labute approximate surface area is 209 Å². The number of nitrogens with one attached hydrogen (secondary N) is 1. The molecule has 4 aromatic rings. The van der Waals surface area contributed by atoms with Crippen LogP contribution < -0.4 is 10.1 Å². The van der Waals surface area contributed by atoms with Crippen molar-refractivity contribution in [3.8, 4) is 5.75 Å². The largest absolute Gasteiger partial charge is 0.486 e. The van der Waals surface area contributed by atoms with Gasteiger partial charge in [0.2, 0.25) is 0 Å². The van der Waals surface area contributed by atoms with E-state index in [-0.39, 0.29) is 18.3 Å². The molecule has 0 spiro atoms. The number of anilines is 1. The molecule has 0 radical (unpaired) electrons. The zero-order valence-electron chi connectivity index (χ0n) is 17.9. The summed E-state index contributed by atoms with van der Waals surface area (Å²) in [7, 11) is 0. The molecule has 0 unspecified atom stereocenters. The highest BCUT2D eigenvalue weighted by atomic mass is 79.9. The van der Waals surface area contributed by atoms with Gasteiger partial charge in [-0.2, -0.15) is 5.10 Å². The van der Waals surface area contributed by atoms with Crippen LogP contribution in [0.1, 0.15) is 33.3 Å². The summed E-state index contributed by atoms with van der Waals surface area (Å²) in [6.07, 6.45) is 0. The lowest BCUT2D eigenvalue weighted by atomic mass is 10.2. The Kier molecular flexibility index (Phi) is 7.12. The van der Waals surface area contributed by atoms with Crippen molar-refractivity contribution in [2.75, 3.05) is 5.32 Å². The monoisotopic (exact) mass is 547 g/mol. The number of nitrogens with zero attached hydrogens (tertiary/aromatic N) is 2. The van der Waals surface area contributed by atoms with Gasteiger partial charge in [0, 0.05) is 14.5 Å². The van der Waals surface area contributed by atoms with Crippen molar-refractivity contribution in [2.45, 2.75) is 27.0 Å². The molecule has 33 heavy (non-hydrogen) atoms. The van der Waals surface area contributed by atoms with Crippen LogP contribution in [0.4, 0.5) is 5.69 Å². The average Bonchev–Trinajstić information content (AvgIpc) is 3.36. The summed E-state index contributed by atoms with van der Waals surface area (Å²) in [6.45, 7) is 4.39. The third-order valence-electron chi connectivity index (χ3n) is 5.04. The Morgan fingerprint density at radius 1 is 1.12 bits per heavy atom. The van der Waals surface area contributed by atoms with Crippen molar-refractivity contribution in [3.05, 3.63) is 97.6 Å². The minimum atomic E-state index is -0.361. The van der Waals surface area contributed by atoms with Crippen molar-refractivity contribution >= 4 is 50.7 Å². The molecule has 170 valence electrons. The molecule has 0 atom stereocenters. The third-order valence-corrected chi connectivity index (χ3v) is 6.15. The number of amides is 1. The molecule has 2 aromatic carbocycles. The number of benzene rings is 2. The maximum Gasteiger partial charge on any atom is 0.291 e. The van der Waals surface area contributed by atoms with Gasteiger partial charge >= 0.3 is 0 Å². The Hall–Kier alpha value is -2.74. The fourth-order valence-electron chi connectivity index (χ4n) is 3.28.